The maximum Gasteiger partial charge on any atom is 0.319 e. The summed E-state index contributed by atoms with van der Waals surface area (Å²) in [4.78, 5) is 12.2. The fraction of sp³-hybridized carbons (Fsp3) is 0.125. The summed E-state index contributed by atoms with van der Waals surface area (Å²) >= 11 is 4.86. The van der Waals surface area contributed by atoms with Crippen molar-refractivity contribution in [2.75, 3.05) is 5.32 Å². The van der Waals surface area contributed by atoms with Gasteiger partial charge in [0.15, 0.2) is 0 Å². The first-order valence-corrected chi connectivity index (χ1v) is 7.00. The number of hydrogen-bond acceptors (Lipinski definition) is 2. The van der Waals surface area contributed by atoms with Gasteiger partial charge in [0.05, 0.1) is 4.99 Å². The van der Waals surface area contributed by atoms with E-state index in [9.17, 15) is 4.79 Å². The van der Waals surface area contributed by atoms with Crippen molar-refractivity contribution in [3.8, 4) is 0 Å². The van der Waals surface area contributed by atoms with E-state index in [1.54, 1.807) is 0 Å². The van der Waals surface area contributed by atoms with Crippen molar-refractivity contribution < 1.29 is 4.79 Å². The molecule has 0 spiro atoms. The molecule has 0 saturated heterocycles. The minimum Gasteiger partial charge on any atom is -0.393 e. The molecule has 2 rings (SSSR count). The number of nitrogens with one attached hydrogen (secondary N) is 2. The van der Waals surface area contributed by atoms with Crippen LogP contribution in [0.5, 0.6) is 0 Å². The lowest BCUT2D eigenvalue weighted by molar-refractivity contribution is 0.251. The van der Waals surface area contributed by atoms with Crippen molar-refractivity contribution in [2.24, 2.45) is 5.73 Å². The Hall–Kier alpha value is -2.40. The van der Waals surface area contributed by atoms with Gasteiger partial charge >= 0.3 is 6.03 Å². The number of carbonyl (C=O) groups excluding carboxylic acids is 1. The lowest BCUT2D eigenvalue weighted by Crippen LogP contribution is -2.28. The zero-order chi connectivity index (χ0) is 15.1. The number of carbonyl (C=O) groups is 1. The van der Waals surface area contributed by atoms with Crippen LogP contribution in [0.2, 0.25) is 0 Å². The molecule has 0 aromatic heterocycles. The Labute approximate surface area is 129 Å². The molecule has 0 aliphatic heterocycles. The Balaban J connectivity index is 1.83. The Morgan fingerprint density at radius 2 is 1.67 bits per heavy atom. The predicted octanol–water partition coefficient (Wildman–Crippen LogP) is 2.84. The fourth-order valence-corrected chi connectivity index (χ4v) is 2.03. The van der Waals surface area contributed by atoms with E-state index in [2.05, 4.69) is 10.6 Å². The third-order valence-corrected chi connectivity index (χ3v) is 3.03. The Bertz CT molecular complexity index is 611. The van der Waals surface area contributed by atoms with Crippen molar-refractivity contribution in [1.29, 1.82) is 0 Å². The predicted molar refractivity (Wildman–Crippen MR) is 89.2 cm³/mol. The molecule has 5 heteroatoms. The quantitative estimate of drug-likeness (QED) is 0.744. The normalized spacial score (nSPS) is 9.90. The second-order valence-corrected chi connectivity index (χ2v) is 5.16. The monoisotopic (exact) mass is 299 g/mol. The molecule has 0 bridgehead atoms. The summed E-state index contributed by atoms with van der Waals surface area (Å²) in [7, 11) is 0. The number of benzene rings is 2. The van der Waals surface area contributed by atoms with Gasteiger partial charge in [-0.05, 0) is 23.3 Å². The lowest BCUT2D eigenvalue weighted by Gasteiger charge is -2.08. The molecule has 0 saturated carbocycles. The van der Waals surface area contributed by atoms with Gasteiger partial charge in [0.25, 0.3) is 0 Å². The molecule has 2 aromatic carbocycles. The largest absolute Gasteiger partial charge is 0.393 e. The first-order valence-electron chi connectivity index (χ1n) is 6.59. The van der Waals surface area contributed by atoms with Crippen LogP contribution in [0.1, 0.15) is 11.1 Å². The number of urea groups is 1. The summed E-state index contributed by atoms with van der Waals surface area (Å²) in [6.07, 6.45) is 0.565. The summed E-state index contributed by atoms with van der Waals surface area (Å²) in [5, 5.41) is 5.58. The summed E-state index contributed by atoms with van der Waals surface area (Å²) in [5.41, 5.74) is 8.30. The standard InChI is InChI=1S/C16H17N3OS/c17-15(21)10-12-6-8-14(9-7-12)19-16(20)18-11-13-4-2-1-3-5-13/h1-9H,10-11H2,(H2,17,21)(H2,18,19,20). The second kappa shape index (κ2) is 7.40. The molecule has 0 fully saturated rings. The number of hydrogen-bond donors (Lipinski definition) is 3. The van der Waals surface area contributed by atoms with Crippen molar-refractivity contribution in [3.63, 3.8) is 0 Å². The van der Waals surface area contributed by atoms with E-state index in [0.717, 1.165) is 16.8 Å². The highest BCUT2D eigenvalue weighted by Gasteiger charge is 2.02. The number of rotatable bonds is 5. The topological polar surface area (TPSA) is 67.1 Å². The van der Waals surface area contributed by atoms with E-state index in [0.29, 0.717) is 18.0 Å². The van der Waals surface area contributed by atoms with Crippen molar-refractivity contribution >= 4 is 28.9 Å². The molecular weight excluding hydrogens is 282 g/mol. The average molecular weight is 299 g/mol. The molecule has 4 nitrogen and oxygen atoms in total. The molecule has 0 aliphatic carbocycles. The van der Waals surface area contributed by atoms with Crippen molar-refractivity contribution in [3.05, 3.63) is 65.7 Å². The van der Waals surface area contributed by atoms with Crippen LogP contribution < -0.4 is 16.4 Å². The summed E-state index contributed by atoms with van der Waals surface area (Å²) in [5.74, 6) is 0. The molecule has 0 radical (unpaired) electrons. The molecule has 0 heterocycles. The van der Waals surface area contributed by atoms with Crippen LogP contribution in [0.25, 0.3) is 0 Å². The van der Waals surface area contributed by atoms with E-state index in [1.165, 1.54) is 0 Å². The van der Waals surface area contributed by atoms with Crippen LogP contribution >= 0.6 is 12.2 Å². The summed E-state index contributed by atoms with van der Waals surface area (Å²) < 4.78 is 0. The molecule has 4 N–H and O–H groups in total. The van der Waals surface area contributed by atoms with E-state index in [1.807, 2.05) is 54.6 Å². The zero-order valence-corrected chi connectivity index (χ0v) is 12.3. The van der Waals surface area contributed by atoms with E-state index < -0.39 is 0 Å². The van der Waals surface area contributed by atoms with Crippen molar-refractivity contribution in [2.45, 2.75) is 13.0 Å². The van der Waals surface area contributed by atoms with Crippen LogP contribution in [-0.4, -0.2) is 11.0 Å². The maximum absolute atomic E-state index is 11.8. The number of anilines is 1. The summed E-state index contributed by atoms with van der Waals surface area (Å²) in [6, 6.07) is 17.0. The first kappa shape index (κ1) is 15.0. The highest BCUT2D eigenvalue weighted by Crippen LogP contribution is 2.10. The molecule has 2 amide bonds. The molecular formula is C16H17N3OS. The van der Waals surface area contributed by atoms with E-state index in [-0.39, 0.29) is 6.03 Å². The smallest absolute Gasteiger partial charge is 0.319 e. The van der Waals surface area contributed by atoms with Gasteiger partial charge < -0.3 is 16.4 Å². The van der Waals surface area contributed by atoms with Gasteiger partial charge in [-0.25, -0.2) is 4.79 Å². The van der Waals surface area contributed by atoms with Gasteiger partial charge in [-0.2, -0.15) is 0 Å². The molecule has 108 valence electrons. The van der Waals surface area contributed by atoms with Gasteiger partial charge in [-0.3, -0.25) is 0 Å². The second-order valence-electron chi connectivity index (χ2n) is 4.63. The third kappa shape index (κ3) is 5.24. The summed E-state index contributed by atoms with van der Waals surface area (Å²) in [6.45, 7) is 0.492. The fourth-order valence-electron chi connectivity index (χ4n) is 1.86. The molecule has 21 heavy (non-hydrogen) atoms. The minimum absolute atomic E-state index is 0.235. The van der Waals surface area contributed by atoms with Crippen LogP contribution in [0.3, 0.4) is 0 Å². The Kier molecular flexibility index (Phi) is 5.29. The third-order valence-electron chi connectivity index (χ3n) is 2.89. The highest BCUT2D eigenvalue weighted by atomic mass is 32.1. The zero-order valence-electron chi connectivity index (χ0n) is 11.5. The van der Waals surface area contributed by atoms with Crippen LogP contribution in [-0.2, 0) is 13.0 Å². The van der Waals surface area contributed by atoms with Crippen LogP contribution in [0, 0.1) is 0 Å². The van der Waals surface area contributed by atoms with Gasteiger partial charge in [0.2, 0.25) is 0 Å². The average Bonchev–Trinajstić information content (AvgIpc) is 2.48. The van der Waals surface area contributed by atoms with Gasteiger partial charge in [0.1, 0.15) is 0 Å². The number of amides is 2. The Morgan fingerprint density at radius 1 is 1.00 bits per heavy atom. The highest BCUT2D eigenvalue weighted by molar-refractivity contribution is 7.80. The number of nitrogens with two attached hydrogens (primary N) is 1. The minimum atomic E-state index is -0.235. The first-order chi connectivity index (χ1) is 10.1. The lowest BCUT2D eigenvalue weighted by atomic mass is 10.1. The van der Waals surface area contributed by atoms with Gasteiger partial charge in [-0.15, -0.1) is 0 Å². The van der Waals surface area contributed by atoms with Crippen LogP contribution in [0.15, 0.2) is 54.6 Å². The number of thiocarbonyl (C=S) groups is 1. The molecule has 0 unspecified atom stereocenters. The van der Waals surface area contributed by atoms with Crippen molar-refractivity contribution in [1.82, 2.24) is 5.32 Å². The maximum atomic E-state index is 11.8. The van der Waals surface area contributed by atoms with Gasteiger partial charge in [-0.1, -0.05) is 54.7 Å². The molecule has 2 aromatic rings. The molecule has 0 atom stereocenters. The van der Waals surface area contributed by atoms with Crippen LogP contribution in [0.4, 0.5) is 10.5 Å². The molecule has 0 aliphatic rings. The van der Waals surface area contributed by atoms with E-state index >= 15 is 0 Å². The van der Waals surface area contributed by atoms with Gasteiger partial charge in [0, 0.05) is 18.7 Å². The Morgan fingerprint density at radius 3 is 2.29 bits per heavy atom. The van der Waals surface area contributed by atoms with E-state index in [4.69, 9.17) is 18.0 Å². The SMILES string of the molecule is NC(=S)Cc1ccc(NC(=O)NCc2ccccc2)cc1.